The number of ether oxygens (including phenoxy) is 1. The van der Waals surface area contributed by atoms with Gasteiger partial charge in [-0.1, -0.05) is 6.92 Å². The molecular weight excluding hydrogens is 696 g/mol. The minimum Gasteiger partial charge on any atom is -0.486 e. The van der Waals surface area contributed by atoms with Crippen LogP contribution in [0.1, 0.15) is 58.4 Å². The zero-order chi connectivity index (χ0) is 37.6. The van der Waals surface area contributed by atoms with Crippen molar-refractivity contribution in [2.24, 2.45) is 11.3 Å². The largest absolute Gasteiger partial charge is 0.486 e. The number of amides is 1. The molecule has 1 unspecified atom stereocenters. The Kier molecular flexibility index (Phi) is 10.9. The van der Waals surface area contributed by atoms with Crippen molar-refractivity contribution in [1.29, 1.82) is 0 Å². The fourth-order valence-electron chi connectivity index (χ4n) is 5.59. The molecule has 0 spiro atoms. The van der Waals surface area contributed by atoms with E-state index in [-0.39, 0.29) is 31.7 Å². The SMILES string of the molecule is CC(C)NC1=C(C(O)(C(F)(F)F)C(F)(F)F)CC(Oc2ccc(NC(=O)C3CCC(C)(C=O)CC3)c(C(O)(C(F)(F)F)C(F)(F)F)c2)C=C1. The number of allylic oxidation sites excluding steroid dienone is 1. The number of nitrogens with one attached hydrogen (secondary N) is 2. The normalized spacial score (nSPS) is 23.1. The van der Waals surface area contributed by atoms with Crippen molar-refractivity contribution in [3.8, 4) is 5.75 Å². The van der Waals surface area contributed by atoms with Crippen LogP contribution in [0, 0.1) is 11.3 Å². The van der Waals surface area contributed by atoms with Crippen LogP contribution in [-0.4, -0.2) is 64.9 Å². The lowest BCUT2D eigenvalue weighted by atomic mass is 9.72. The molecule has 1 aromatic carbocycles. The number of aliphatic hydroxyl groups is 2. The average molecular weight is 729 g/mol. The Morgan fingerprint density at radius 2 is 1.41 bits per heavy atom. The van der Waals surface area contributed by atoms with E-state index in [1.807, 2.05) is 5.32 Å². The first kappa shape index (κ1) is 40.0. The minimum atomic E-state index is -6.48. The molecule has 276 valence electrons. The van der Waals surface area contributed by atoms with Crippen LogP contribution in [-0.2, 0) is 15.2 Å². The van der Waals surface area contributed by atoms with Crippen molar-refractivity contribution >= 4 is 17.9 Å². The predicted octanol–water partition coefficient (Wildman–Crippen LogP) is 7.15. The molecule has 1 amide bonds. The van der Waals surface area contributed by atoms with Gasteiger partial charge >= 0.3 is 24.7 Å². The summed E-state index contributed by atoms with van der Waals surface area (Å²) in [5.74, 6) is -2.98. The first-order chi connectivity index (χ1) is 22.1. The van der Waals surface area contributed by atoms with Crippen molar-refractivity contribution in [2.45, 2.75) is 101 Å². The molecule has 0 bridgehead atoms. The Hall–Kier alpha value is -3.48. The van der Waals surface area contributed by atoms with E-state index < -0.39 is 100.0 Å². The molecule has 0 aliphatic heterocycles. The van der Waals surface area contributed by atoms with Crippen LogP contribution in [0.2, 0.25) is 0 Å². The van der Waals surface area contributed by atoms with Gasteiger partial charge in [0.2, 0.25) is 5.91 Å². The number of carbonyl (C=O) groups excluding carboxylic acids is 2. The molecule has 2 aliphatic carbocycles. The monoisotopic (exact) mass is 728 g/mol. The molecule has 1 saturated carbocycles. The summed E-state index contributed by atoms with van der Waals surface area (Å²) >= 11 is 0. The van der Waals surface area contributed by atoms with E-state index in [1.54, 1.807) is 6.92 Å². The maximum absolute atomic E-state index is 14.0. The van der Waals surface area contributed by atoms with Gasteiger partial charge in [-0.25, -0.2) is 0 Å². The Labute approximate surface area is 271 Å². The molecule has 0 saturated heterocycles. The molecule has 2 aliphatic rings. The van der Waals surface area contributed by atoms with Crippen LogP contribution >= 0.6 is 0 Å². The first-order valence-corrected chi connectivity index (χ1v) is 14.6. The van der Waals surface area contributed by atoms with Gasteiger partial charge in [0.15, 0.2) is 0 Å². The summed E-state index contributed by atoms with van der Waals surface area (Å²) in [6.07, 6.45) is -26.3. The van der Waals surface area contributed by atoms with Gasteiger partial charge in [-0.2, -0.15) is 52.7 Å². The van der Waals surface area contributed by atoms with Gasteiger partial charge in [0.1, 0.15) is 18.1 Å². The maximum atomic E-state index is 14.0. The van der Waals surface area contributed by atoms with Gasteiger partial charge in [0, 0.05) is 46.3 Å². The predicted molar refractivity (Wildman–Crippen MR) is 148 cm³/mol. The number of benzene rings is 1. The van der Waals surface area contributed by atoms with E-state index in [0.29, 0.717) is 24.5 Å². The lowest BCUT2D eigenvalue weighted by molar-refractivity contribution is -0.376. The molecule has 49 heavy (non-hydrogen) atoms. The molecule has 7 nitrogen and oxygen atoms in total. The van der Waals surface area contributed by atoms with Crippen LogP contribution in [0.3, 0.4) is 0 Å². The number of rotatable bonds is 9. The minimum absolute atomic E-state index is 0.000251. The average Bonchev–Trinajstić information content (AvgIpc) is 2.95. The summed E-state index contributed by atoms with van der Waals surface area (Å²) in [6, 6.07) is 0.392. The van der Waals surface area contributed by atoms with Crippen molar-refractivity contribution in [3.05, 3.63) is 47.2 Å². The zero-order valence-corrected chi connectivity index (χ0v) is 25.9. The third kappa shape index (κ3) is 7.81. The second kappa shape index (κ2) is 13.3. The van der Waals surface area contributed by atoms with Gasteiger partial charge in [-0.15, -0.1) is 0 Å². The van der Waals surface area contributed by atoms with E-state index in [0.717, 1.165) is 6.08 Å². The molecule has 19 heteroatoms. The van der Waals surface area contributed by atoms with Gasteiger partial charge in [-0.3, -0.25) is 4.79 Å². The third-order valence-electron chi connectivity index (χ3n) is 8.44. The Morgan fingerprint density at radius 1 is 0.898 bits per heavy atom. The third-order valence-corrected chi connectivity index (χ3v) is 8.44. The molecule has 1 atom stereocenters. The lowest BCUT2D eigenvalue weighted by Gasteiger charge is -2.38. The Morgan fingerprint density at radius 3 is 1.86 bits per heavy atom. The van der Waals surface area contributed by atoms with E-state index in [4.69, 9.17) is 4.74 Å². The molecule has 0 aromatic heterocycles. The van der Waals surface area contributed by atoms with Gasteiger partial charge in [0.25, 0.3) is 11.2 Å². The van der Waals surface area contributed by atoms with Crippen molar-refractivity contribution in [3.63, 3.8) is 0 Å². The lowest BCUT2D eigenvalue weighted by Crippen LogP contribution is -2.59. The molecular formula is C30H32F12N2O5. The highest BCUT2D eigenvalue weighted by Crippen LogP contribution is 2.54. The number of carbonyl (C=O) groups is 2. The Balaban J connectivity index is 2.08. The number of anilines is 1. The second-order valence-electron chi connectivity index (χ2n) is 12.6. The highest BCUT2D eigenvalue weighted by Gasteiger charge is 2.74. The molecule has 0 radical (unpaired) electrons. The topological polar surface area (TPSA) is 108 Å². The van der Waals surface area contributed by atoms with Crippen LogP contribution in [0.25, 0.3) is 0 Å². The number of halogens is 12. The van der Waals surface area contributed by atoms with Crippen molar-refractivity contribution in [1.82, 2.24) is 5.32 Å². The summed E-state index contributed by atoms with van der Waals surface area (Å²) in [5.41, 5.74) is -17.6. The summed E-state index contributed by atoms with van der Waals surface area (Å²) in [6.45, 7) is 4.30. The maximum Gasteiger partial charge on any atom is 0.430 e. The Bertz CT molecular complexity index is 1420. The van der Waals surface area contributed by atoms with Crippen LogP contribution in [0.15, 0.2) is 41.6 Å². The number of alkyl halides is 12. The summed E-state index contributed by atoms with van der Waals surface area (Å²) in [4.78, 5) is 24.2. The highest BCUT2D eigenvalue weighted by molar-refractivity contribution is 5.93. The number of aldehydes is 1. The quantitative estimate of drug-likeness (QED) is 0.159. The zero-order valence-electron chi connectivity index (χ0n) is 25.9. The summed E-state index contributed by atoms with van der Waals surface area (Å²) in [7, 11) is 0. The fourth-order valence-corrected chi connectivity index (χ4v) is 5.59. The molecule has 4 N–H and O–H groups in total. The summed E-state index contributed by atoms with van der Waals surface area (Å²) < 4.78 is 172. The van der Waals surface area contributed by atoms with Crippen molar-refractivity contribution in [2.75, 3.05) is 5.32 Å². The van der Waals surface area contributed by atoms with Gasteiger partial charge in [0.05, 0.1) is 0 Å². The van der Waals surface area contributed by atoms with Crippen LogP contribution in [0.4, 0.5) is 58.4 Å². The van der Waals surface area contributed by atoms with E-state index in [2.05, 4.69) is 5.32 Å². The smallest absolute Gasteiger partial charge is 0.430 e. The molecule has 3 rings (SSSR count). The standard InChI is InChI=1S/C30H32F12N2O5/c1-15(2)43-21-6-4-17(12-19(21)25(47,27(31,32)33)28(34,35)36)49-18-5-7-22(20(13-18)26(48,29(37,38)39)30(40,41)42)44-23(46)16-8-10-24(3,14-45)11-9-16/h4-7,13-17,43,47-48H,8-12H2,1-3H3,(H,44,46). The molecule has 0 heterocycles. The molecule has 1 aromatic rings. The van der Waals surface area contributed by atoms with E-state index in [9.17, 15) is 72.5 Å². The summed E-state index contributed by atoms with van der Waals surface area (Å²) in [5, 5.41) is 24.6. The van der Waals surface area contributed by atoms with Crippen LogP contribution in [0.5, 0.6) is 5.75 Å². The van der Waals surface area contributed by atoms with Crippen molar-refractivity contribution < 1.29 is 77.2 Å². The van der Waals surface area contributed by atoms with Gasteiger partial charge in [-0.05, 0) is 69.9 Å². The number of hydrogen-bond acceptors (Lipinski definition) is 6. The highest BCUT2D eigenvalue weighted by atomic mass is 19.4. The number of hydrogen-bond donors (Lipinski definition) is 4. The van der Waals surface area contributed by atoms with E-state index >= 15 is 0 Å². The first-order valence-electron chi connectivity index (χ1n) is 14.6. The van der Waals surface area contributed by atoms with E-state index in [1.165, 1.54) is 13.8 Å². The molecule has 1 fully saturated rings. The fraction of sp³-hybridized carbons (Fsp3) is 0.600. The van der Waals surface area contributed by atoms with Crippen LogP contribution < -0.4 is 15.4 Å². The van der Waals surface area contributed by atoms with Gasteiger partial charge < -0.3 is 30.4 Å². The second-order valence-corrected chi connectivity index (χ2v) is 12.6.